The van der Waals surface area contributed by atoms with Crippen molar-refractivity contribution in [3.05, 3.63) is 0 Å². The fourth-order valence-electron chi connectivity index (χ4n) is 3.77. The highest BCUT2D eigenvalue weighted by Gasteiger charge is 2.56. The molecule has 0 aromatic rings. The number of hydrogen-bond acceptors (Lipinski definition) is 2. The topological polar surface area (TPSA) is 18.5 Å². The van der Waals surface area contributed by atoms with Crippen LogP contribution in [0.2, 0.25) is 0 Å². The normalized spacial score (nSPS) is 18.1. The minimum absolute atomic E-state index is 0.0258. The number of alkyl halides is 5. The minimum atomic E-state index is -5.41. The van der Waals surface area contributed by atoms with Crippen molar-refractivity contribution >= 4 is 0 Å². The molecule has 2 nitrogen and oxygen atoms in total. The van der Waals surface area contributed by atoms with Gasteiger partial charge in [-0.15, -0.1) is 0 Å². The van der Waals surface area contributed by atoms with Gasteiger partial charge in [0.15, 0.2) is 6.29 Å². The van der Waals surface area contributed by atoms with E-state index in [4.69, 9.17) is 9.47 Å². The quantitative estimate of drug-likeness (QED) is 0.156. The summed E-state index contributed by atoms with van der Waals surface area (Å²) in [6, 6.07) is 0. The molecule has 1 unspecified atom stereocenters. The summed E-state index contributed by atoms with van der Waals surface area (Å²) in [5, 5.41) is 0. The summed E-state index contributed by atoms with van der Waals surface area (Å²) in [4.78, 5) is 0. The molecule has 1 saturated heterocycles. The number of ether oxygens (including phenoxy) is 2. The Hall–Kier alpha value is -0.430. The van der Waals surface area contributed by atoms with Crippen molar-refractivity contribution in [2.24, 2.45) is 0 Å². The Morgan fingerprint density at radius 1 is 0.633 bits per heavy atom. The van der Waals surface area contributed by atoms with Gasteiger partial charge in [-0.3, -0.25) is 0 Å². The first-order valence-electron chi connectivity index (χ1n) is 12.0. The highest BCUT2D eigenvalue weighted by atomic mass is 19.4. The van der Waals surface area contributed by atoms with Gasteiger partial charge in [0.2, 0.25) is 0 Å². The molecule has 30 heavy (non-hydrogen) atoms. The lowest BCUT2D eigenvalue weighted by atomic mass is 10.0. The van der Waals surface area contributed by atoms with E-state index in [1.165, 1.54) is 51.4 Å². The van der Waals surface area contributed by atoms with Gasteiger partial charge in [-0.1, -0.05) is 77.0 Å². The second-order valence-corrected chi connectivity index (χ2v) is 8.57. The Bertz CT molecular complexity index is 396. The van der Waals surface area contributed by atoms with E-state index in [9.17, 15) is 22.0 Å². The van der Waals surface area contributed by atoms with Crippen LogP contribution in [0.15, 0.2) is 0 Å². The molecule has 7 heteroatoms. The molecule has 0 saturated carbocycles. The number of hydrogen-bond donors (Lipinski definition) is 0. The molecule has 0 aliphatic carbocycles. The molecule has 0 N–H and O–H groups in total. The Balaban J connectivity index is 1.73. The van der Waals surface area contributed by atoms with E-state index in [1.54, 1.807) is 0 Å². The van der Waals surface area contributed by atoms with Gasteiger partial charge in [0.1, 0.15) is 0 Å². The Labute approximate surface area is 179 Å². The van der Waals surface area contributed by atoms with Gasteiger partial charge in [0.05, 0.1) is 0 Å². The molecule has 0 aromatic heterocycles. The Kier molecular flexibility index (Phi) is 14.9. The smallest absolute Gasteiger partial charge is 0.353 e. The number of rotatable bonds is 18. The van der Waals surface area contributed by atoms with Crippen molar-refractivity contribution in [3.8, 4) is 0 Å². The SMILES string of the molecule is FC(F)(F)C(F)(F)CCCCCCCCCCCCCCCCOC1CCCCO1. The van der Waals surface area contributed by atoms with Crippen molar-refractivity contribution in [2.75, 3.05) is 13.2 Å². The first-order chi connectivity index (χ1) is 14.3. The van der Waals surface area contributed by atoms with E-state index in [-0.39, 0.29) is 12.7 Å². The van der Waals surface area contributed by atoms with E-state index in [0.717, 1.165) is 58.2 Å². The summed E-state index contributed by atoms with van der Waals surface area (Å²) in [5.41, 5.74) is 0. The first kappa shape index (κ1) is 27.6. The molecule has 180 valence electrons. The van der Waals surface area contributed by atoms with Gasteiger partial charge < -0.3 is 9.47 Å². The van der Waals surface area contributed by atoms with Crippen LogP contribution in [0.4, 0.5) is 22.0 Å². The highest BCUT2D eigenvalue weighted by Crippen LogP contribution is 2.39. The number of halogens is 5. The summed E-state index contributed by atoms with van der Waals surface area (Å²) in [7, 11) is 0. The van der Waals surface area contributed by atoms with Crippen molar-refractivity contribution < 1.29 is 31.4 Å². The molecule has 1 heterocycles. The third-order valence-electron chi connectivity index (χ3n) is 5.74. The van der Waals surface area contributed by atoms with Gasteiger partial charge in [0, 0.05) is 19.6 Å². The molecule has 0 aromatic carbocycles. The Morgan fingerprint density at radius 2 is 1.10 bits per heavy atom. The minimum Gasteiger partial charge on any atom is -0.353 e. The van der Waals surface area contributed by atoms with Crippen molar-refractivity contribution in [2.45, 2.75) is 134 Å². The zero-order valence-electron chi connectivity index (χ0n) is 18.4. The van der Waals surface area contributed by atoms with E-state index < -0.39 is 18.5 Å². The lowest BCUT2D eigenvalue weighted by Crippen LogP contribution is -2.36. The monoisotopic (exact) mass is 444 g/mol. The molecule has 0 amide bonds. The van der Waals surface area contributed by atoms with E-state index in [1.807, 2.05) is 0 Å². The van der Waals surface area contributed by atoms with E-state index in [0.29, 0.717) is 6.42 Å². The largest absolute Gasteiger partial charge is 0.453 e. The second kappa shape index (κ2) is 16.2. The van der Waals surface area contributed by atoms with Crippen LogP contribution >= 0.6 is 0 Å². The molecular formula is C23H41F5O2. The summed E-state index contributed by atoms with van der Waals surface area (Å²) < 4.78 is 72.9. The average molecular weight is 445 g/mol. The predicted molar refractivity (Wildman–Crippen MR) is 110 cm³/mol. The summed E-state index contributed by atoms with van der Waals surface area (Å²) in [5.74, 6) is -4.54. The van der Waals surface area contributed by atoms with Crippen molar-refractivity contribution in [1.82, 2.24) is 0 Å². The lowest BCUT2D eigenvalue weighted by Gasteiger charge is -2.22. The Morgan fingerprint density at radius 3 is 1.53 bits per heavy atom. The second-order valence-electron chi connectivity index (χ2n) is 8.57. The maximum absolute atomic E-state index is 12.7. The highest BCUT2D eigenvalue weighted by molar-refractivity contribution is 4.75. The number of unbranched alkanes of at least 4 members (excludes halogenated alkanes) is 13. The molecule has 0 bridgehead atoms. The summed E-state index contributed by atoms with van der Waals surface area (Å²) >= 11 is 0. The zero-order valence-corrected chi connectivity index (χ0v) is 18.4. The van der Waals surface area contributed by atoms with Crippen LogP contribution in [0.25, 0.3) is 0 Å². The van der Waals surface area contributed by atoms with Crippen LogP contribution in [0.1, 0.15) is 116 Å². The molecule has 1 fully saturated rings. The molecule has 1 aliphatic heterocycles. The third-order valence-corrected chi connectivity index (χ3v) is 5.74. The van der Waals surface area contributed by atoms with Crippen LogP contribution < -0.4 is 0 Å². The fourth-order valence-corrected chi connectivity index (χ4v) is 3.77. The maximum Gasteiger partial charge on any atom is 0.453 e. The van der Waals surface area contributed by atoms with Crippen LogP contribution in [0.3, 0.4) is 0 Å². The molecule has 0 radical (unpaired) electrons. The fraction of sp³-hybridized carbons (Fsp3) is 1.00. The van der Waals surface area contributed by atoms with Gasteiger partial charge in [-0.2, -0.15) is 22.0 Å². The lowest BCUT2D eigenvalue weighted by molar-refractivity contribution is -0.284. The van der Waals surface area contributed by atoms with Gasteiger partial charge in [0.25, 0.3) is 0 Å². The zero-order chi connectivity index (χ0) is 22.1. The van der Waals surface area contributed by atoms with E-state index >= 15 is 0 Å². The van der Waals surface area contributed by atoms with Crippen LogP contribution in [0.5, 0.6) is 0 Å². The van der Waals surface area contributed by atoms with Crippen LogP contribution in [-0.2, 0) is 9.47 Å². The van der Waals surface area contributed by atoms with E-state index in [2.05, 4.69) is 0 Å². The van der Waals surface area contributed by atoms with Gasteiger partial charge in [-0.05, 0) is 32.1 Å². The third kappa shape index (κ3) is 13.8. The molecule has 1 aliphatic rings. The first-order valence-corrected chi connectivity index (χ1v) is 12.0. The van der Waals surface area contributed by atoms with Crippen LogP contribution in [-0.4, -0.2) is 31.6 Å². The molecule has 1 rings (SSSR count). The molecule has 0 spiro atoms. The maximum atomic E-state index is 12.7. The summed E-state index contributed by atoms with van der Waals surface area (Å²) in [6.45, 7) is 1.63. The summed E-state index contributed by atoms with van der Waals surface area (Å²) in [6.07, 6.45) is 10.9. The van der Waals surface area contributed by atoms with Gasteiger partial charge >= 0.3 is 12.1 Å². The standard InChI is InChI=1S/C23H41F5O2/c24-22(25,23(26,27)28)18-14-11-9-7-5-3-1-2-4-6-8-10-12-15-19-29-21-17-13-16-20-30-21/h21H,1-20H2. The van der Waals surface area contributed by atoms with Gasteiger partial charge in [-0.25, -0.2) is 0 Å². The predicted octanol–water partition coefficient (Wildman–Crippen LogP) is 8.58. The van der Waals surface area contributed by atoms with Crippen molar-refractivity contribution in [3.63, 3.8) is 0 Å². The van der Waals surface area contributed by atoms with Crippen molar-refractivity contribution in [1.29, 1.82) is 0 Å². The molecule has 1 atom stereocenters. The average Bonchev–Trinajstić information content (AvgIpc) is 2.70. The molecular weight excluding hydrogens is 403 g/mol. The van der Waals surface area contributed by atoms with Crippen LogP contribution in [0, 0.1) is 0 Å².